The number of hydrogen-bond acceptors (Lipinski definition) is 3. The van der Waals surface area contributed by atoms with Gasteiger partial charge in [0.2, 0.25) is 0 Å². The van der Waals surface area contributed by atoms with Crippen molar-refractivity contribution in [3.8, 4) is 0 Å². The molecule has 1 fully saturated rings. The minimum Gasteiger partial charge on any atom is -0.480 e. The molecule has 0 saturated carbocycles. The summed E-state index contributed by atoms with van der Waals surface area (Å²) in [5.41, 5.74) is -0.0307. The van der Waals surface area contributed by atoms with E-state index in [1.54, 1.807) is 11.8 Å². The molecule has 1 N–H and O–H groups in total. The lowest BCUT2D eigenvalue weighted by atomic mass is 9.88. The highest BCUT2D eigenvalue weighted by molar-refractivity contribution is 7.98. The molecule has 2 rings (SSSR count). The predicted octanol–water partition coefficient (Wildman–Crippen LogP) is 3.19. The van der Waals surface area contributed by atoms with Crippen LogP contribution < -0.4 is 0 Å². The van der Waals surface area contributed by atoms with Crippen molar-refractivity contribution in [1.29, 1.82) is 0 Å². The van der Waals surface area contributed by atoms with Crippen LogP contribution in [-0.4, -0.2) is 35.3 Å². The van der Waals surface area contributed by atoms with Gasteiger partial charge in [-0.2, -0.15) is 0 Å². The van der Waals surface area contributed by atoms with Crippen LogP contribution in [-0.2, 0) is 10.3 Å². The molecule has 0 bridgehead atoms. The molecule has 1 aliphatic rings. The van der Waals surface area contributed by atoms with Crippen LogP contribution in [0.3, 0.4) is 0 Å². The maximum absolute atomic E-state index is 11.8. The van der Waals surface area contributed by atoms with Gasteiger partial charge in [-0.25, -0.2) is 4.79 Å². The number of benzene rings is 1. The molecule has 1 aromatic rings. The van der Waals surface area contributed by atoms with Gasteiger partial charge in [0.05, 0.1) is 0 Å². The number of rotatable bonds is 4. The van der Waals surface area contributed by atoms with Crippen LogP contribution in [0.4, 0.5) is 0 Å². The van der Waals surface area contributed by atoms with Gasteiger partial charge in [0.15, 0.2) is 0 Å². The summed E-state index contributed by atoms with van der Waals surface area (Å²) in [5.74, 6) is -0.758. The van der Waals surface area contributed by atoms with Crippen molar-refractivity contribution in [2.45, 2.75) is 36.6 Å². The topological polar surface area (TPSA) is 40.5 Å². The number of piperidine rings is 1. The zero-order valence-electron chi connectivity index (χ0n) is 11.6. The third kappa shape index (κ3) is 2.79. The largest absolute Gasteiger partial charge is 0.480 e. The molecule has 0 aromatic heterocycles. The van der Waals surface area contributed by atoms with Crippen molar-refractivity contribution in [2.75, 3.05) is 19.3 Å². The predicted molar refractivity (Wildman–Crippen MR) is 78.6 cm³/mol. The normalized spacial score (nSPS) is 19.9. The minimum absolute atomic E-state index is 0.758. The van der Waals surface area contributed by atoms with E-state index in [-0.39, 0.29) is 0 Å². The minimum atomic E-state index is -0.905. The van der Waals surface area contributed by atoms with E-state index in [4.69, 9.17) is 0 Å². The van der Waals surface area contributed by atoms with Crippen LogP contribution in [0.1, 0.15) is 31.7 Å². The molecule has 104 valence electrons. The zero-order valence-corrected chi connectivity index (χ0v) is 12.4. The van der Waals surface area contributed by atoms with Crippen LogP contribution in [0.2, 0.25) is 0 Å². The SMILES string of the molecule is CSc1ccc(C(C)(C(=O)O)N2CCCCC2)cc1. The van der Waals surface area contributed by atoms with Gasteiger partial charge in [-0.05, 0) is 56.8 Å². The highest BCUT2D eigenvalue weighted by atomic mass is 32.2. The molecule has 3 nitrogen and oxygen atoms in total. The number of nitrogens with zero attached hydrogens (tertiary/aromatic N) is 1. The summed E-state index contributed by atoms with van der Waals surface area (Å²) in [6.45, 7) is 3.56. The van der Waals surface area contributed by atoms with E-state index in [0.29, 0.717) is 0 Å². The molecule has 4 heteroatoms. The fraction of sp³-hybridized carbons (Fsp3) is 0.533. The number of hydrogen-bond donors (Lipinski definition) is 1. The summed E-state index contributed by atoms with van der Waals surface area (Å²) in [4.78, 5) is 15.1. The Balaban J connectivity index is 2.33. The Kier molecular flexibility index (Phi) is 4.53. The average molecular weight is 279 g/mol. The zero-order chi connectivity index (χ0) is 13.9. The van der Waals surface area contributed by atoms with Gasteiger partial charge >= 0.3 is 5.97 Å². The van der Waals surface area contributed by atoms with Gasteiger partial charge in [-0.15, -0.1) is 11.8 Å². The second-order valence-corrected chi connectivity index (χ2v) is 6.03. The maximum atomic E-state index is 11.8. The third-order valence-corrected chi connectivity index (χ3v) is 4.80. The van der Waals surface area contributed by atoms with E-state index in [0.717, 1.165) is 36.4 Å². The van der Waals surface area contributed by atoms with Crippen LogP contribution in [0.15, 0.2) is 29.2 Å². The first kappa shape index (κ1) is 14.4. The molecule has 1 atom stereocenters. The van der Waals surface area contributed by atoms with Crippen molar-refractivity contribution in [2.24, 2.45) is 0 Å². The first-order chi connectivity index (χ1) is 9.09. The fourth-order valence-electron chi connectivity index (χ4n) is 2.70. The second kappa shape index (κ2) is 5.97. The van der Waals surface area contributed by atoms with Gasteiger partial charge in [-0.3, -0.25) is 4.90 Å². The van der Waals surface area contributed by atoms with Crippen LogP contribution in [0.5, 0.6) is 0 Å². The first-order valence-corrected chi connectivity index (χ1v) is 7.94. The quantitative estimate of drug-likeness (QED) is 0.859. The van der Waals surface area contributed by atoms with E-state index < -0.39 is 11.5 Å². The molecule has 0 spiro atoms. The van der Waals surface area contributed by atoms with E-state index in [1.807, 2.05) is 37.4 Å². The van der Waals surface area contributed by atoms with Crippen molar-refractivity contribution < 1.29 is 9.90 Å². The van der Waals surface area contributed by atoms with Crippen LogP contribution >= 0.6 is 11.8 Å². The van der Waals surface area contributed by atoms with Gasteiger partial charge in [0.25, 0.3) is 0 Å². The summed E-state index contributed by atoms with van der Waals surface area (Å²) in [6, 6.07) is 7.92. The van der Waals surface area contributed by atoms with E-state index in [1.165, 1.54) is 6.42 Å². The number of carboxylic acids is 1. The van der Waals surface area contributed by atoms with Crippen LogP contribution in [0.25, 0.3) is 0 Å². The molecule has 1 heterocycles. The fourth-order valence-corrected chi connectivity index (χ4v) is 3.11. The molecule has 1 aromatic carbocycles. The maximum Gasteiger partial charge on any atom is 0.328 e. The van der Waals surface area contributed by atoms with Gasteiger partial charge in [0.1, 0.15) is 5.54 Å². The van der Waals surface area contributed by atoms with Gasteiger partial charge in [0, 0.05) is 4.90 Å². The van der Waals surface area contributed by atoms with E-state index in [9.17, 15) is 9.90 Å². The average Bonchev–Trinajstić information content (AvgIpc) is 2.47. The standard InChI is InChI=1S/C15H21NO2S/c1-15(14(17)18,16-10-4-3-5-11-16)12-6-8-13(19-2)9-7-12/h6-9H,3-5,10-11H2,1-2H3,(H,17,18). The molecule has 1 saturated heterocycles. The molecule has 0 radical (unpaired) electrons. The molecule has 1 aliphatic heterocycles. The number of carbonyl (C=O) groups is 1. The summed E-state index contributed by atoms with van der Waals surface area (Å²) >= 11 is 1.67. The number of thioether (sulfide) groups is 1. The first-order valence-electron chi connectivity index (χ1n) is 6.72. The Hall–Kier alpha value is -1.00. The van der Waals surface area contributed by atoms with E-state index in [2.05, 4.69) is 4.90 Å². The molecule has 0 amide bonds. The Labute approximate surface area is 119 Å². The molecule has 19 heavy (non-hydrogen) atoms. The Morgan fingerprint density at radius 1 is 1.21 bits per heavy atom. The number of carboxylic acid groups (broad SMARTS) is 1. The van der Waals surface area contributed by atoms with Gasteiger partial charge in [-0.1, -0.05) is 18.6 Å². The second-order valence-electron chi connectivity index (χ2n) is 5.15. The van der Waals surface area contributed by atoms with Crippen LogP contribution in [0, 0.1) is 0 Å². The smallest absolute Gasteiger partial charge is 0.328 e. The number of likely N-dealkylation sites (tertiary alicyclic amines) is 1. The van der Waals surface area contributed by atoms with Crippen molar-refractivity contribution in [3.05, 3.63) is 29.8 Å². The van der Waals surface area contributed by atoms with Gasteiger partial charge < -0.3 is 5.11 Å². The summed E-state index contributed by atoms with van der Waals surface area (Å²) < 4.78 is 0. The molecular weight excluding hydrogens is 258 g/mol. The lowest BCUT2D eigenvalue weighted by molar-refractivity contribution is -0.152. The Morgan fingerprint density at radius 3 is 2.26 bits per heavy atom. The van der Waals surface area contributed by atoms with Crippen molar-refractivity contribution in [3.63, 3.8) is 0 Å². The summed E-state index contributed by atoms with van der Waals surface area (Å²) in [5, 5.41) is 9.72. The molecule has 1 unspecified atom stereocenters. The lowest BCUT2D eigenvalue weighted by Gasteiger charge is -2.40. The lowest BCUT2D eigenvalue weighted by Crippen LogP contribution is -2.51. The number of aliphatic carboxylic acids is 1. The van der Waals surface area contributed by atoms with Crippen molar-refractivity contribution in [1.82, 2.24) is 4.90 Å². The highest BCUT2D eigenvalue weighted by Gasteiger charge is 2.41. The summed E-state index contributed by atoms with van der Waals surface area (Å²) in [6.07, 6.45) is 5.41. The monoisotopic (exact) mass is 279 g/mol. The summed E-state index contributed by atoms with van der Waals surface area (Å²) in [7, 11) is 0. The Bertz CT molecular complexity index is 440. The highest BCUT2D eigenvalue weighted by Crippen LogP contribution is 2.32. The Morgan fingerprint density at radius 2 is 1.79 bits per heavy atom. The third-order valence-electron chi connectivity index (χ3n) is 4.06. The van der Waals surface area contributed by atoms with Crippen molar-refractivity contribution >= 4 is 17.7 Å². The molecular formula is C15H21NO2S. The van der Waals surface area contributed by atoms with E-state index >= 15 is 0 Å². The molecule has 0 aliphatic carbocycles.